The second-order valence-corrected chi connectivity index (χ2v) is 9.67. The van der Waals surface area contributed by atoms with Crippen LogP contribution in [0.25, 0.3) is 0 Å². The van der Waals surface area contributed by atoms with Gasteiger partial charge in [-0.1, -0.05) is 36.4 Å². The summed E-state index contributed by atoms with van der Waals surface area (Å²) in [5.74, 6) is 0.166. The third-order valence-corrected chi connectivity index (χ3v) is 6.99. The number of hydrogen-bond donors (Lipinski definition) is 1. The minimum absolute atomic E-state index is 0.166. The quantitative estimate of drug-likeness (QED) is 0.488. The number of ether oxygens (including phenoxy) is 1. The number of carbonyl (C=O) groups excluding carboxylic acids is 1. The van der Waals surface area contributed by atoms with Crippen molar-refractivity contribution >= 4 is 28.8 Å². The van der Waals surface area contributed by atoms with Gasteiger partial charge in [0, 0.05) is 49.3 Å². The number of piperazine rings is 1. The Morgan fingerprint density at radius 1 is 1.29 bits per heavy atom. The lowest BCUT2D eigenvalue weighted by Crippen LogP contribution is -2.62. The van der Waals surface area contributed by atoms with Gasteiger partial charge < -0.3 is 14.2 Å². The molecule has 2 fully saturated rings. The molecule has 1 aromatic carbocycles. The van der Waals surface area contributed by atoms with Gasteiger partial charge in [0.1, 0.15) is 12.5 Å². The van der Waals surface area contributed by atoms with Gasteiger partial charge in [0.2, 0.25) is 0 Å². The van der Waals surface area contributed by atoms with Crippen LogP contribution in [0.15, 0.2) is 36.9 Å². The third-order valence-electron chi connectivity index (χ3n) is 6.19. The first kappa shape index (κ1) is 24.2. The highest BCUT2D eigenvalue weighted by molar-refractivity contribution is 7.79. The topological polar surface area (TPSA) is 73.3 Å². The molecule has 0 bridgehead atoms. The van der Waals surface area contributed by atoms with Crippen molar-refractivity contribution in [2.45, 2.75) is 44.3 Å². The van der Waals surface area contributed by atoms with Crippen molar-refractivity contribution < 1.29 is 18.3 Å². The number of hydrogen-bond acceptors (Lipinski definition) is 5. The molecule has 9 heteroatoms. The van der Waals surface area contributed by atoms with Crippen LogP contribution in [0.5, 0.6) is 0 Å². The Kier molecular flexibility index (Phi) is 8.92. The molecular weight excluding hydrogens is 438 g/mol. The molecule has 3 rings (SSSR count). The molecular formula is C22H32ClN3O4S. The summed E-state index contributed by atoms with van der Waals surface area (Å²) < 4.78 is 26.1. The maximum Gasteiger partial charge on any atom is 0.410 e. The van der Waals surface area contributed by atoms with E-state index in [9.17, 15) is 13.6 Å². The van der Waals surface area contributed by atoms with Crippen LogP contribution < -0.4 is 0 Å². The molecule has 0 spiro atoms. The van der Waals surface area contributed by atoms with E-state index in [1.165, 1.54) is 5.56 Å². The molecule has 0 aliphatic carbocycles. The molecule has 0 saturated carbocycles. The average Bonchev–Trinajstić information content (AvgIpc) is 2.75. The van der Waals surface area contributed by atoms with Crippen LogP contribution >= 0.6 is 11.6 Å². The van der Waals surface area contributed by atoms with E-state index in [-0.39, 0.29) is 30.7 Å². The number of piperidine rings is 1. The fourth-order valence-electron chi connectivity index (χ4n) is 4.57. The number of amides is 1. The summed E-state index contributed by atoms with van der Waals surface area (Å²) in [6, 6.07) is 8.68. The smallest absolute Gasteiger partial charge is 0.410 e. The van der Waals surface area contributed by atoms with Crippen LogP contribution in [0.4, 0.5) is 4.79 Å². The van der Waals surface area contributed by atoms with E-state index in [1.807, 2.05) is 24.3 Å². The molecule has 1 amide bonds. The minimum Gasteiger partial charge on any atom is -0.445 e. The molecule has 1 N–H and O–H groups in total. The first-order valence-corrected chi connectivity index (χ1v) is 12.4. The summed E-state index contributed by atoms with van der Waals surface area (Å²) in [5.41, 5.74) is 1.20. The van der Waals surface area contributed by atoms with E-state index in [4.69, 9.17) is 16.3 Å². The molecule has 2 aliphatic heterocycles. The molecule has 1 unspecified atom stereocenters. The summed E-state index contributed by atoms with van der Waals surface area (Å²) in [6.07, 6.45) is 3.92. The Bertz CT molecular complexity index is 771. The fourth-order valence-corrected chi connectivity index (χ4v) is 5.34. The maximum atomic E-state index is 12.1. The standard InChI is InChI=1S/C22H32ClN3O4S/c1-3-12-30-22(27)24-10-8-20(9-11-24)26-14-17(2)25(16-31(28)29)15-21(26)13-18-4-6-19(23)7-5-18/h3-7,17,20-21H,1,8-16H2,2H3,(H,28,29)/t17-,21-/m0/s1. The second kappa shape index (κ2) is 11.4. The molecule has 2 aliphatic rings. The van der Waals surface area contributed by atoms with E-state index in [1.54, 1.807) is 11.0 Å². The highest BCUT2D eigenvalue weighted by atomic mass is 35.5. The molecule has 1 aromatic rings. The molecule has 172 valence electrons. The Hall–Kier alpha value is -1.45. The SMILES string of the molecule is C=CCOC(=O)N1CCC(N2C[C@H](C)N(CS(=O)O)C[C@@H]2Cc2ccc(Cl)cc2)CC1. The summed E-state index contributed by atoms with van der Waals surface area (Å²) >= 11 is 4.19. The number of likely N-dealkylation sites (tertiary alicyclic amines) is 1. The number of rotatable bonds is 7. The number of halogens is 1. The molecule has 2 saturated heterocycles. The van der Waals surface area contributed by atoms with Crippen LogP contribution in [0.3, 0.4) is 0 Å². The number of nitrogens with zero attached hydrogens (tertiary/aromatic N) is 3. The first-order chi connectivity index (χ1) is 14.9. The molecule has 0 radical (unpaired) electrons. The zero-order valence-electron chi connectivity index (χ0n) is 18.0. The molecule has 31 heavy (non-hydrogen) atoms. The highest BCUT2D eigenvalue weighted by Gasteiger charge is 2.37. The van der Waals surface area contributed by atoms with Crippen LogP contribution in [0, 0.1) is 0 Å². The lowest BCUT2D eigenvalue weighted by atomic mass is 9.94. The van der Waals surface area contributed by atoms with Crippen molar-refractivity contribution in [1.82, 2.24) is 14.7 Å². The summed E-state index contributed by atoms with van der Waals surface area (Å²) in [4.78, 5) is 18.6. The van der Waals surface area contributed by atoms with E-state index < -0.39 is 11.1 Å². The normalized spacial score (nSPS) is 24.7. The van der Waals surface area contributed by atoms with Crippen molar-refractivity contribution in [1.29, 1.82) is 0 Å². The van der Waals surface area contributed by atoms with Gasteiger partial charge in [0.15, 0.2) is 11.1 Å². The van der Waals surface area contributed by atoms with E-state index in [0.29, 0.717) is 24.2 Å². The fraction of sp³-hybridized carbons (Fsp3) is 0.591. The maximum absolute atomic E-state index is 12.1. The first-order valence-electron chi connectivity index (χ1n) is 10.7. The zero-order valence-corrected chi connectivity index (χ0v) is 19.6. The Morgan fingerprint density at radius 2 is 1.97 bits per heavy atom. The van der Waals surface area contributed by atoms with Gasteiger partial charge in [-0.15, -0.1) is 0 Å². The number of benzene rings is 1. The average molecular weight is 470 g/mol. The van der Waals surface area contributed by atoms with Crippen LogP contribution in [0.1, 0.15) is 25.3 Å². The van der Waals surface area contributed by atoms with Gasteiger partial charge in [-0.25, -0.2) is 9.00 Å². The predicted molar refractivity (Wildman–Crippen MR) is 124 cm³/mol. The Labute approximate surface area is 192 Å². The lowest BCUT2D eigenvalue weighted by molar-refractivity contribution is -0.00411. The second-order valence-electron chi connectivity index (χ2n) is 8.34. The van der Waals surface area contributed by atoms with E-state index in [2.05, 4.69) is 23.3 Å². The zero-order chi connectivity index (χ0) is 22.4. The van der Waals surface area contributed by atoms with Crippen molar-refractivity contribution in [3.8, 4) is 0 Å². The van der Waals surface area contributed by atoms with Crippen molar-refractivity contribution in [2.75, 3.05) is 38.7 Å². The summed E-state index contributed by atoms with van der Waals surface area (Å²) in [7, 11) is 0. The van der Waals surface area contributed by atoms with E-state index in [0.717, 1.165) is 32.4 Å². The third kappa shape index (κ3) is 6.76. The van der Waals surface area contributed by atoms with Crippen LogP contribution in [-0.2, 0) is 22.2 Å². The molecule has 0 aromatic heterocycles. The molecule has 3 atom stereocenters. The minimum atomic E-state index is -1.85. The Morgan fingerprint density at radius 3 is 2.58 bits per heavy atom. The van der Waals surface area contributed by atoms with Gasteiger partial charge >= 0.3 is 6.09 Å². The van der Waals surface area contributed by atoms with Gasteiger partial charge in [-0.2, -0.15) is 0 Å². The lowest BCUT2D eigenvalue weighted by Gasteiger charge is -2.50. The largest absolute Gasteiger partial charge is 0.445 e. The summed E-state index contributed by atoms with van der Waals surface area (Å²) in [5, 5.41) is 0.714. The Balaban J connectivity index is 1.68. The van der Waals surface area contributed by atoms with Crippen LogP contribution in [0.2, 0.25) is 5.02 Å². The van der Waals surface area contributed by atoms with Crippen LogP contribution in [-0.4, -0.2) is 86.3 Å². The monoisotopic (exact) mass is 469 g/mol. The van der Waals surface area contributed by atoms with E-state index >= 15 is 0 Å². The molecule has 2 heterocycles. The van der Waals surface area contributed by atoms with Crippen molar-refractivity contribution in [2.24, 2.45) is 0 Å². The van der Waals surface area contributed by atoms with Crippen molar-refractivity contribution in [3.63, 3.8) is 0 Å². The molecule has 7 nitrogen and oxygen atoms in total. The summed E-state index contributed by atoms with van der Waals surface area (Å²) in [6.45, 7) is 8.83. The van der Waals surface area contributed by atoms with Gasteiger partial charge in [-0.05, 0) is 43.9 Å². The highest BCUT2D eigenvalue weighted by Crippen LogP contribution is 2.27. The van der Waals surface area contributed by atoms with Gasteiger partial charge in [-0.3, -0.25) is 9.80 Å². The van der Waals surface area contributed by atoms with Gasteiger partial charge in [0.05, 0.1) is 0 Å². The van der Waals surface area contributed by atoms with Crippen molar-refractivity contribution in [3.05, 3.63) is 47.5 Å². The number of carbonyl (C=O) groups is 1. The van der Waals surface area contributed by atoms with Gasteiger partial charge in [0.25, 0.3) is 0 Å². The predicted octanol–water partition coefficient (Wildman–Crippen LogP) is 3.22.